The molecule has 0 bridgehead atoms. The number of nitrogens with zero attached hydrogens (tertiary/aromatic N) is 1. The number of carbonyl (C=O) groups is 2. The first kappa shape index (κ1) is 25.5. The molecule has 1 aliphatic rings. The molecule has 1 unspecified atom stereocenters. The van der Waals surface area contributed by atoms with Crippen LogP contribution in [0.4, 0.5) is 15.2 Å². The number of aromatic nitrogens is 1. The zero-order chi connectivity index (χ0) is 25.7. The highest BCUT2D eigenvalue weighted by molar-refractivity contribution is 7.19. The third-order valence-electron chi connectivity index (χ3n) is 5.04. The van der Waals surface area contributed by atoms with E-state index >= 15 is 0 Å². The van der Waals surface area contributed by atoms with Gasteiger partial charge in [0.05, 0.1) is 12.1 Å². The fourth-order valence-electron chi connectivity index (χ4n) is 3.19. The summed E-state index contributed by atoms with van der Waals surface area (Å²) in [7, 11) is 0. The number of ether oxygens (including phenoxy) is 3. The summed E-state index contributed by atoms with van der Waals surface area (Å²) in [6.07, 6.45) is 1.18. The molecule has 2 amide bonds. The monoisotopic (exact) mass is 531 g/mol. The van der Waals surface area contributed by atoms with Crippen LogP contribution in [0.15, 0.2) is 66.8 Å². The summed E-state index contributed by atoms with van der Waals surface area (Å²) >= 11 is 7.25. The van der Waals surface area contributed by atoms with Crippen molar-refractivity contribution in [1.82, 2.24) is 4.98 Å². The molecule has 0 fully saturated rings. The summed E-state index contributed by atoms with van der Waals surface area (Å²) in [6, 6.07) is 15.1. The van der Waals surface area contributed by atoms with Gasteiger partial charge >= 0.3 is 5.95 Å². The van der Waals surface area contributed by atoms with Crippen molar-refractivity contribution in [2.24, 2.45) is 0 Å². The zero-order valence-electron chi connectivity index (χ0n) is 19.4. The Morgan fingerprint density at radius 1 is 1.14 bits per heavy atom. The minimum atomic E-state index is -1.32. The van der Waals surface area contributed by atoms with Gasteiger partial charge in [-0.05, 0) is 43.7 Å². The van der Waals surface area contributed by atoms with Gasteiger partial charge in [0.2, 0.25) is 12.2 Å². The predicted molar refractivity (Wildman–Crippen MR) is 134 cm³/mol. The molecule has 11 heteroatoms. The Labute approximate surface area is 216 Å². The quantitative estimate of drug-likeness (QED) is 0.390. The Bertz CT molecular complexity index is 1260. The van der Waals surface area contributed by atoms with Gasteiger partial charge in [-0.3, -0.25) is 14.9 Å². The first-order valence-electron chi connectivity index (χ1n) is 11.0. The van der Waals surface area contributed by atoms with Crippen LogP contribution >= 0.6 is 22.9 Å². The van der Waals surface area contributed by atoms with Crippen molar-refractivity contribution < 1.29 is 28.2 Å². The van der Waals surface area contributed by atoms with Crippen LogP contribution < -0.4 is 10.6 Å². The molecule has 1 aromatic heterocycles. The normalized spacial score (nSPS) is 14.9. The summed E-state index contributed by atoms with van der Waals surface area (Å²) in [4.78, 5) is 29.4. The van der Waals surface area contributed by atoms with Gasteiger partial charge < -0.3 is 19.5 Å². The summed E-state index contributed by atoms with van der Waals surface area (Å²) in [6.45, 7) is 3.15. The summed E-state index contributed by atoms with van der Waals surface area (Å²) < 4.78 is 30.2. The third-order valence-corrected chi connectivity index (χ3v) is 6.29. The molecular formula is C25H23ClFN3O5S. The molecule has 0 aliphatic carbocycles. The maximum Gasteiger partial charge on any atom is 0.319 e. The second kappa shape index (κ2) is 11.0. The van der Waals surface area contributed by atoms with Gasteiger partial charge in [-0.15, -0.1) is 0 Å². The Morgan fingerprint density at radius 3 is 2.58 bits per heavy atom. The molecule has 4 rings (SSSR count). The number of amides is 2. The molecule has 2 heterocycles. The molecule has 0 saturated carbocycles. The van der Waals surface area contributed by atoms with Gasteiger partial charge in [0, 0.05) is 12.1 Å². The van der Waals surface area contributed by atoms with E-state index in [4.69, 9.17) is 25.8 Å². The van der Waals surface area contributed by atoms with Crippen molar-refractivity contribution in [3.63, 3.8) is 0 Å². The Morgan fingerprint density at radius 2 is 1.86 bits per heavy atom. The number of hydrogen-bond acceptors (Lipinski definition) is 7. The smallest absolute Gasteiger partial charge is 0.319 e. The molecule has 188 valence electrons. The molecular weight excluding hydrogens is 509 g/mol. The van der Waals surface area contributed by atoms with Crippen molar-refractivity contribution in [1.29, 1.82) is 0 Å². The standard InChI is InChI=1S/C25H23ClFN3O5S/c1-25(2,35-21-14-33-20(34-21)12-15-6-4-3-5-7-15)23(32)30-24-29-18(22(26)36-24)13-19(31)28-17-10-8-16(27)9-11-17/h3-11,14,20H,12-13H2,1-2H3,(H,28,31)(H,29,30,32). The molecule has 3 aromatic rings. The van der Waals surface area contributed by atoms with Crippen molar-refractivity contribution >= 4 is 45.6 Å². The van der Waals surface area contributed by atoms with E-state index < -0.39 is 23.6 Å². The number of thiazole rings is 1. The van der Waals surface area contributed by atoms with Crippen LogP contribution in [0.1, 0.15) is 25.1 Å². The molecule has 36 heavy (non-hydrogen) atoms. The van der Waals surface area contributed by atoms with Crippen LogP contribution in [0, 0.1) is 5.82 Å². The lowest BCUT2D eigenvalue weighted by Gasteiger charge is -2.24. The van der Waals surface area contributed by atoms with E-state index in [0.717, 1.165) is 16.9 Å². The number of benzene rings is 2. The average Bonchev–Trinajstić information content (AvgIpc) is 3.40. The molecule has 2 N–H and O–H groups in total. The number of nitrogens with one attached hydrogen (secondary N) is 2. The highest BCUT2D eigenvalue weighted by Gasteiger charge is 2.35. The first-order chi connectivity index (χ1) is 17.2. The minimum absolute atomic E-state index is 0.0893. The molecule has 0 radical (unpaired) electrons. The molecule has 2 aromatic carbocycles. The van der Waals surface area contributed by atoms with Crippen molar-refractivity contribution in [2.75, 3.05) is 10.6 Å². The van der Waals surface area contributed by atoms with E-state index in [2.05, 4.69) is 15.6 Å². The summed E-state index contributed by atoms with van der Waals surface area (Å²) in [5, 5.41) is 5.51. The van der Waals surface area contributed by atoms with Gasteiger partial charge in [0.1, 0.15) is 10.2 Å². The number of halogens is 2. The predicted octanol–water partition coefficient (Wildman–Crippen LogP) is 5.27. The number of hydrogen-bond donors (Lipinski definition) is 2. The van der Waals surface area contributed by atoms with Crippen LogP contribution in [-0.4, -0.2) is 28.7 Å². The maximum absolute atomic E-state index is 13.0. The molecule has 0 saturated heterocycles. The lowest BCUT2D eigenvalue weighted by atomic mass is 10.1. The number of rotatable bonds is 9. The molecule has 1 aliphatic heterocycles. The van der Waals surface area contributed by atoms with Gasteiger partial charge in [0.25, 0.3) is 5.91 Å². The van der Waals surface area contributed by atoms with E-state index in [0.29, 0.717) is 17.8 Å². The second-order valence-corrected chi connectivity index (χ2v) is 9.95. The molecule has 8 nitrogen and oxygen atoms in total. The van der Waals surface area contributed by atoms with Gasteiger partial charge in [-0.2, -0.15) is 0 Å². The minimum Gasteiger partial charge on any atom is -0.455 e. The SMILES string of the molecule is CC(C)(OC1=COC(Cc2ccccc2)O1)C(=O)Nc1nc(CC(=O)Nc2ccc(F)cc2)c(Cl)s1. The van der Waals surface area contributed by atoms with E-state index in [1.807, 2.05) is 30.3 Å². The van der Waals surface area contributed by atoms with Crippen LogP contribution in [0.3, 0.4) is 0 Å². The van der Waals surface area contributed by atoms with Crippen molar-refractivity contribution in [2.45, 2.75) is 38.6 Å². The number of anilines is 2. The van der Waals surface area contributed by atoms with Crippen LogP contribution in [0.25, 0.3) is 0 Å². The fourth-order valence-corrected chi connectivity index (χ4v) is 4.23. The van der Waals surface area contributed by atoms with Gasteiger partial charge in [-0.1, -0.05) is 53.3 Å². The van der Waals surface area contributed by atoms with E-state index in [-0.39, 0.29) is 27.7 Å². The summed E-state index contributed by atoms with van der Waals surface area (Å²) in [5.74, 6) is -1.19. The first-order valence-corrected chi connectivity index (χ1v) is 12.1. The lowest BCUT2D eigenvalue weighted by molar-refractivity contribution is -0.144. The Kier molecular flexibility index (Phi) is 7.76. The Balaban J connectivity index is 1.29. The van der Waals surface area contributed by atoms with Crippen LogP contribution in [-0.2, 0) is 36.6 Å². The van der Waals surface area contributed by atoms with E-state index in [1.54, 1.807) is 13.8 Å². The van der Waals surface area contributed by atoms with Crippen molar-refractivity contribution in [3.8, 4) is 0 Å². The Hall–Kier alpha value is -3.63. The second-order valence-electron chi connectivity index (χ2n) is 8.35. The topological polar surface area (TPSA) is 98.8 Å². The fraction of sp³-hybridized carbons (Fsp3) is 0.240. The zero-order valence-corrected chi connectivity index (χ0v) is 21.0. The average molecular weight is 532 g/mol. The highest BCUT2D eigenvalue weighted by Crippen LogP contribution is 2.30. The molecule has 1 atom stereocenters. The lowest BCUT2D eigenvalue weighted by Crippen LogP contribution is -2.39. The summed E-state index contributed by atoms with van der Waals surface area (Å²) in [5.41, 5.74) is 0.458. The van der Waals surface area contributed by atoms with Crippen LogP contribution in [0.5, 0.6) is 0 Å². The van der Waals surface area contributed by atoms with Gasteiger partial charge in [-0.25, -0.2) is 9.37 Å². The van der Waals surface area contributed by atoms with Crippen LogP contribution in [0.2, 0.25) is 4.34 Å². The van der Waals surface area contributed by atoms with E-state index in [1.165, 1.54) is 30.5 Å². The van der Waals surface area contributed by atoms with Crippen molar-refractivity contribution in [3.05, 3.63) is 88.2 Å². The largest absolute Gasteiger partial charge is 0.455 e. The van der Waals surface area contributed by atoms with E-state index in [9.17, 15) is 14.0 Å². The number of carbonyl (C=O) groups excluding carboxylic acids is 2. The maximum atomic E-state index is 13.0. The highest BCUT2D eigenvalue weighted by atomic mass is 35.5. The third kappa shape index (κ3) is 6.73. The molecule has 0 spiro atoms. The van der Waals surface area contributed by atoms with Gasteiger partial charge in [0.15, 0.2) is 17.0 Å².